The van der Waals surface area contributed by atoms with Gasteiger partial charge in [0.15, 0.2) is 0 Å². The van der Waals surface area contributed by atoms with E-state index in [2.05, 4.69) is 0 Å². The van der Waals surface area contributed by atoms with Gasteiger partial charge in [-0.05, 0) is 45.0 Å². The number of ether oxygens (including phenoxy) is 2. The number of benzene rings is 2. The molecule has 0 aromatic heterocycles. The zero-order chi connectivity index (χ0) is 18.8. The Kier molecular flexibility index (Phi) is 7.99. The van der Waals surface area contributed by atoms with Crippen LogP contribution in [-0.4, -0.2) is 34.9 Å². The summed E-state index contributed by atoms with van der Waals surface area (Å²) in [5, 5.41) is 18.5. The topological polar surface area (TPSA) is 93.1 Å². The predicted molar refractivity (Wildman–Crippen MR) is 92.7 cm³/mol. The summed E-state index contributed by atoms with van der Waals surface area (Å²) in [6.07, 6.45) is -0.174. The molecule has 0 heterocycles. The Bertz CT molecular complexity index is 709. The van der Waals surface area contributed by atoms with Crippen LogP contribution in [0, 0.1) is 0 Å². The molecule has 0 atom stereocenters. The number of phenols is 2. The third-order valence-electron chi connectivity index (χ3n) is 2.87. The lowest BCUT2D eigenvalue weighted by Crippen LogP contribution is -2.11. The third kappa shape index (κ3) is 6.55. The van der Waals surface area contributed by atoms with Crippen molar-refractivity contribution < 1.29 is 29.3 Å². The molecule has 134 valence electrons. The molecule has 2 rings (SSSR count). The van der Waals surface area contributed by atoms with Crippen LogP contribution in [0.4, 0.5) is 0 Å². The molecule has 0 fully saturated rings. The quantitative estimate of drug-likeness (QED) is 0.823. The molecule has 2 N–H and O–H groups in total. The van der Waals surface area contributed by atoms with Gasteiger partial charge in [0, 0.05) is 0 Å². The van der Waals surface area contributed by atoms with Gasteiger partial charge in [0.25, 0.3) is 0 Å². The molecule has 0 unspecified atom stereocenters. The van der Waals surface area contributed by atoms with Gasteiger partial charge >= 0.3 is 11.9 Å². The van der Waals surface area contributed by atoms with Crippen LogP contribution in [0.1, 0.15) is 41.5 Å². The first-order valence-corrected chi connectivity index (χ1v) is 7.80. The number of phenolic OH excluding ortho intramolecular Hbond substituents is 2. The van der Waals surface area contributed by atoms with Crippen LogP contribution in [0.2, 0.25) is 0 Å². The highest BCUT2D eigenvalue weighted by Crippen LogP contribution is 2.17. The lowest BCUT2D eigenvalue weighted by molar-refractivity contribution is 0.0374. The summed E-state index contributed by atoms with van der Waals surface area (Å²) < 4.78 is 9.63. The summed E-state index contributed by atoms with van der Waals surface area (Å²) in [5.74, 6) is -1.08. The van der Waals surface area contributed by atoms with Gasteiger partial charge in [-0.1, -0.05) is 24.3 Å². The fourth-order valence-corrected chi connectivity index (χ4v) is 1.78. The molecule has 6 nitrogen and oxygen atoms in total. The van der Waals surface area contributed by atoms with Crippen molar-refractivity contribution in [2.45, 2.75) is 26.9 Å². The number of aromatic hydroxyl groups is 2. The molecule has 0 aliphatic heterocycles. The monoisotopic (exact) mass is 346 g/mol. The number of esters is 2. The first-order valence-electron chi connectivity index (χ1n) is 7.80. The number of carbonyl (C=O) groups is 2. The number of hydrogen-bond acceptors (Lipinski definition) is 6. The van der Waals surface area contributed by atoms with E-state index in [1.165, 1.54) is 24.3 Å². The largest absolute Gasteiger partial charge is 0.507 e. The highest BCUT2D eigenvalue weighted by Gasteiger charge is 2.12. The van der Waals surface area contributed by atoms with Crippen LogP contribution in [0.25, 0.3) is 0 Å². The van der Waals surface area contributed by atoms with Gasteiger partial charge in [-0.25, -0.2) is 9.59 Å². The molecule has 0 saturated carbocycles. The van der Waals surface area contributed by atoms with Crippen LogP contribution >= 0.6 is 0 Å². The molecule has 0 aliphatic rings. The summed E-state index contributed by atoms with van der Waals surface area (Å²) >= 11 is 0. The Hall–Kier alpha value is -3.02. The first-order chi connectivity index (χ1) is 11.9. The molecule has 2 aromatic carbocycles. The lowest BCUT2D eigenvalue weighted by Gasteiger charge is -2.08. The number of rotatable bonds is 4. The Morgan fingerprint density at radius 3 is 1.72 bits per heavy atom. The van der Waals surface area contributed by atoms with Gasteiger partial charge < -0.3 is 19.7 Å². The normalized spacial score (nSPS) is 9.76. The molecule has 6 heteroatoms. The summed E-state index contributed by atoms with van der Waals surface area (Å²) in [4.78, 5) is 22.4. The maximum absolute atomic E-state index is 11.3. The molecule has 0 spiro atoms. The van der Waals surface area contributed by atoms with Crippen LogP contribution in [-0.2, 0) is 9.47 Å². The van der Waals surface area contributed by atoms with Gasteiger partial charge in [0.2, 0.25) is 0 Å². The van der Waals surface area contributed by atoms with Gasteiger partial charge in [0.1, 0.15) is 22.6 Å². The van der Waals surface area contributed by atoms with Gasteiger partial charge in [0.05, 0.1) is 12.7 Å². The fourth-order valence-electron chi connectivity index (χ4n) is 1.78. The van der Waals surface area contributed by atoms with Crippen molar-refractivity contribution in [1.82, 2.24) is 0 Å². The van der Waals surface area contributed by atoms with Crippen LogP contribution in [0.3, 0.4) is 0 Å². The Morgan fingerprint density at radius 1 is 0.880 bits per heavy atom. The molecule has 25 heavy (non-hydrogen) atoms. The summed E-state index contributed by atoms with van der Waals surface area (Å²) in [5.41, 5.74) is 0.413. The van der Waals surface area contributed by atoms with E-state index in [9.17, 15) is 19.8 Å². The van der Waals surface area contributed by atoms with Crippen molar-refractivity contribution in [1.29, 1.82) is 0 Å². The highest BCUT2D eigenvalue weighted by molar-refractivity contribution is 5.92. The minimum atomic E-state index is -0.492. The minimum Gasteiger partial charge on any atom is -0.507 e. The summed E-state index contributed by atoms with van der Waals surface area (Å²) in [6.45, 7) is 5.56. The van der Waals surface area contributed by atoms with Crippen molar-refractivity contribution >= 4 is 11.9 Å². The third-order valence-corrected chi connectivity index (χ3v) is 2.87. The van der Waals surface area contributed by atoms with E-state index >= 15 is 0 Å². The van der Waals surface area contributed by atoms with E-state index in [4.69, 9.17) is 9.47 Å². The second-order valence-electron chi connectivity index (χ2n) is 5.21. The van der Waals surface area contributed by atoms with E-state index in [0.717, 1.165) is 0 Å². The van der Waals surface area contributed by atoms with Crippen molar-refractivity contribution in [2.24, 2.45) is 0 Å². The van der Waals surface area contributed by atoms with Gasteiger partial charge in [-0.3, -0.25) is 0 Å². The zero-order valence-electron chi connectivity index (χ0n) is 14.4. The van der Waals surface area contributed by atoms with E-state index < -0.39 is 11.9 Å². The molecule has 0 amide bonds. The van der Waals surface area contributed by atoms with E-state index in [1.54, 1.807) is 45.0 Å². The molecule has 0 radical (unpaired) electrons. The molecule has 0 aliphatic carbocycles. The summed E-state index contributed by atoms with van der Waals surface area (Å²) in [6, 6.07) is 12.6. The highest BCUT2D eigenvalue weighted by atomic mass is 16.5. The minimum absolute atomic E-state index is 0.0454. The van der Waals surface area contributed by atoms with Crippen LogP contribution < -0.4 is 0 Å². The fraction of sp³-hybridized carbons (Fsp3) is 0.263. The number of para-hydroxylation sites is 2. The predicted octanol–water partition coefficient (Wildman–Crippen LogP) is 3.53. The van der Waals surface area contributed by atoms with Crippen molar-refractivity contribution in [2.75, 3.05) is 6.61 Å². The smallest absolute Gasteiger partial charge is 0.342 e. The molecule has 0 saturated heterocycles. The average Bonchev–Trinajstić information content (AvgIpc) is 2.55. The van der Waals surface area contributed by atoms with Crippen LogP contribution in [0.15, 0.2) is 48.5 Å². The summed E-state index contributed by atoms with van der Waals surface area (Å²) in [7, 11) is 0. The van der Waals surface area contributed by atoms with E-state index in [1.807, 2.05) is 0 Å². The molecular weight excluding hydrogens is 324 g/mol. The Balaban J connectivity index is 0.000000251. The number of hydrogen-bond donors (Lipinski definition) is 2. The van der Waals surface area contributed by atoms with Crippen molar-refractivity contribution in [3.63, 3.8) is 0 Å². The molecule has 0 bridgehead atoms. The van der Waals surface area contributed by atoms with Gasteiger partial charge in [-0.2, -0.15) is 0 Å². The van der Waals surface area contributed by atoms with Crippen molar-refractivity contribution in [3.05, 3.63) is 59.7 Å². The van der Waals surface area contributed by atoms with Crippen molar-refractivity contribution in [3.8, 4) is 11.5 Å². The van der Waals surface area contributed by atoms with E-state index in [0.29, 0.717) is 6.61 Å². The Labute approximate surface area is 146 Å². The molecular formula is C19H22O6. The SMILES string of the molecule is CC(C)OC(=O)c1ccccc1O.CCOC(=O)c1ccccc1O. The maximum Gasteiger partial charge on any atom is 0.342 e. The van der Waals surface area contributed by atoms with Gasteiger partial charge in [-0.15, -0.1) is 0 Å². The van der Waals surface area contributed by atoms with Crippen LogP contribution in [0.5, 0.6) is 11.5 Å². The second kappa shape index (κ2) is 9.97. The first kappa shape index (κ1) is 20.0. The standard InChI is InChI=1S/C10H12O3.C9H10O3/c1-7(2)13-10(12)8-5-3-4-6-9(8)11;1-2-12-9(11)7-5-3-4-6-8(7)10/h3-7,11H,1-2H3;3-6,10H,2H2,1H3. The average molecular weight is 346 g/mol. The van der Waals surface area contributed by atoms with E-state index in [-0.39, 0.29) is 28.7 Å². The Morgan fingerprint density at radius 2 is 1.32 bits per heavy atom. The number of carbonyl (C=O) groups excluding carboxylic acids is 2. The maximum atomic E-state index is 11.3. The molecule has 2 aromatic rings. The lowest BCUT2D eigenvalue weighted by atomic mass is 10.2. The second-order valence-corrected chi connectivity index (χ2v) is 5.21. The zero-order valence-corrected chi connectivity index (χ0v) is 14.4.